The van der Waals surface area contributed by atoms with Crippen molar-refractivity contribution in [3.63, 3.8) is 0 Å². The van der Waals surface area contributed by atoms with Crippen LogP contribution in [0.3, 0.4) is 0 Å². The molecule has 0 bridgehead atoms. The fourth-order valence-electron chi connectivity index (χ4n) is 5.59. The molecule has 5 aromatic rings. The van der Waals surface area contributed by atoms with E-state index >= 15 is 0 Å². The second kappa shape index (κ2) is 9.50. The minimum atomic E-state index is -0.827. The number of anilines is 2. The van der Waals surface area contributed by atoms with Crippen LogP contribution in [0.2, 0.25) is 0 Å². The van der Waals surface area contributed by atoms with Crippen LogP contribution in [-0.4, -0.2) is 16.8 Å². The van der Waals surface area contributed by atoms with E-state index in [1.54, 1.807) is 12.1 Å². The third-order valence-electron chi connectivity index (χ3n) is 7.41. The monoisotopic (exact) mass is 525 g/mol. The Morgan fingerprint density at radius 2 is 1.52 bits per heavy atom. The molecular weight excluding hydrogens is 498 g/mol. The number of nitrogens with zero attached hydrogens (tertiary/aromatic N) is 3. The summed E-state index contributed by atoms with van der Waals surface area (Å²) in [6.45, 7) is 2.46. The van der Waals surface area contributed by atoms with Gasteiger partial charge in [0.2, 0.25) is 5.72 Å². The molecule has 6 heteroatoms. The molecule has 0 spiro atoms. The van der Waals surface area contributed by atoms with E-state index < -0.39 is 5.72 Å². The average molecular weight is 526 g/mol. The summed E-state index contributed by atoms with van der Waals surface area (Å²) < 4.78 is 12.8. The van der Waals surface area contributed by atoms with Crippen molar-refractivity contribution in [2.24, 2.45) is 0 Å². The van der Waals surface area contributed by atoms with Crippen molar-refractivity contribution < 1.29 is 14.4 Å². The lowest BCUT2D eigenvalue weighted by atomic mass is 9.95. The van der Waals surface area contributed by atoms with Gasteiger partial charge in [0, 0.05) is 11.8 Å². The lowest BCUT2D eigenvalue weighted by Crippen LogP contribution is -2.56. The molecule has 1 N–H and O–H groups in total. The van der Waals surface area contributed by atoms with Crippen LogP contribution in [-0.2, 0) is 5.72 Å². The first-order valence-electron chi connectivity index (χ1n) is 13.2. The second-order valence-electron chi connectivity index (χ2n) is 9.97. The number of phenolic OH excluding ortho intramolecular Hbond substituents is 1. The van der Waals surface area contributed by atoms with Gasteiger partial charge in [-0.2, -0.15) is 0 Å². The van der Waals surface area contributed by atoms with Crippen LogP contribution in [0, 0.1) is 6.92 Å². The number of aromatic hydroxyl groups is 1. The number of phenols is 1. The molecule has 2 aliphatic rings. The van der Waals surface area contributed by atoms with E-state index in [-0.39, 0.29) is 5.75 Å². The molecule has 3 heterocycles. The van der Waals surface area contributed by atoms with E-state index in [0.29, 0.717) is 12.3 Å². The number of para-hydroxylation sites is 2. The molecule has 0 radical (unpaired) electrons. The van der Waals surface area contributed by atoms with Crippen LogP contribution >= 0.6 is 0 Å². The molecule has 1 unspecified atom stereocenters. The Morgan fingerprint density at radius 1 is 0.825 bits per heavy atom. The van der Waals surface area contributed by atoms with Crippen molar-refractivity contribution >= 4 is 29.2 Å². The van der Waals surface area contributed by atoms with Crippen LogP contribution in [0.4, 0.5) is 11.4 Å². The van der Waals surface area contributed by atoms with Gasteiger partial charge in [0.05, 0.1) is 17.9 Å². The topological polar surface area (TPSA) is 62.0 Å². The van der Waals surface area contributed by atoms with E-state index in [9.17, 15) is 5.11 Å². The molecule has 0 amide bonds. The van der Waals surface area contributed by atoms with Crippen LogP contribution in [0.15, 0.2) is 120 Å². The molecule has 1 atom stereocenters. The van der Waals surface area contributed by atoms with Crippen molar-refractivity contribution in [1.82, 2.24) is 5.16 Å². The fourth-order valence-corrected chi connectivity index (χ4v) is 5.59. The van der Waals surface area contributed by atoms with Crippen LogP contribution < -0.4 is 14.5 Å². The Kier molecular flexibility index (Phi) is 5.67. The number of aromatic nitrogens is 1. The molecule has 2 aliphatic heterocycles. The van der Waals surface area contributed by atoms with E-state index in [0.717, 1.165) is 45.2 Å². The molecule has 196 valence electrons. The van der Waals surface area contributed by atoms with Gasteiger partial charge in [-0.15, -0.1) is 0 Å². The summed E-state index contributed by atoms with van der Waals surface area (Å²) in [5.41, 5.74) is 5.92. The van der Waals surface area contributed by atoms with Crippen molar-refractivity contribution in [2.45, 2.75) is 12.6 Å². The third kappa shape index (κ3) is 3.93. The molecule has 0 fully saturated rings. The van der Waals surface area contributed by atoms with Crippen molar-refractivity contribution in [2.75, 3.05) is 16.3 Å². The summed E-state index contributed by atoms with van der Waals surface area (Å²) in [4.78, 5) is 4.51. The molecule has 40 heavy (non-hydrogen) atoms. The van der Waals surface area contributed by atoms with Gasteiger partial charge in [-0.25, -0.2) is 0 Å². The number of hydrogen-bond donors (Lipinski definition) is 1. The maximum absolute atomic E-state index is 9.65. The number of rotatable bonds is 5. The van der Waals surface area contributed by atoms with E-state index in [1.807, 2.05) is 55.5 Å². The van der Waals surface area contributed by atoms with Crippen molar-refractivity contribution in [1.29, 1.82) is 0 Å². The molecule has 6 nitrogen and oxygen atoms in total. The zero-order valence-electron chi connectivity index (χ0n) is 21.9. The van der Waals surface area contributed by atoms with Crippen LogP contribution in [0.5, 0.6) is 11.5 Å². The highest BCUT2D eigenvalue weighted by atomic mass is 16.5. The Bertz CT molecular complexity index is 1730. The highest BCUT2D eigenvalue weighted by molar-refractivity contribution is 5.89. The summed E-state index contributed by atoms with van der Waals surface area (Å²) in [5.74, 6) is 1.71. The number of benzene rings is 4. The van der Waals surface area contributed by atoms with Gasteiger partial charge in [-0.05, 0) is 48.4 Å². The number of fused-ring (bicyclic) bond motifs is 3. The van der Waals surface area contributed by atoms with Gasteiger partial charge in [0.25, 0.3) is 0 Å². The summed E-state index contributed by atoms with van der Waals surface area (Å²) in [5, 5.41) is 14.0. The lowest BCUT2D eigenvalue weighted by Gasteiger charge is -2.46. The number of aryl methyl sites for hydroxylation is 1. The second-order valence-corrected chi connectivity index (χ2v) is 9.97. The predicted octanol–water partition coefficient (Wildman–Crippen LogP) is 7.43. The van der Waals surface area contributed by atoms with Crippen LogP contribution in [0.25, 0.3) is 17.8 Å². The first-order valence-corrected chi connectivity index (χ1v) is 13.2. The minimum Gasteiger partial charge on any atom is -0.508 e. The Hall–Kier alpha value is -5.23. The number of hydrogen-bond acceptors (Lipinski definition) is 6. The zero-order chi connectivity index (χ0) is 27.1. The van der Waals surface area contributed by atoms with Gasteiger partial charge in [-0.3, -0.25) is 4.90 Å². The van der Waals surface area contributed by atoms with Gasteiger partial charge in [0.15, 0.2) is 5.76 Å². The van der Waals surface area contributed by atoms with E-state index in [4.69, 9.17) is 9.26 Å². The maximum atomic E-state index is 9.65. The largest absolute Gasteiger partial charge is 0.508 e. The van der Waals surface area contributed by atoms with Gasteiger partial charge >= 0.3 is 0 Å². The molecule has 1 aromatic heterocycles. The third-order valence-corrected chi connectivity index (χ3v) is 7.41. The molecule has 4 aromatic carbocycles. The average Bonchev–Trinajstić information content (AvgIpc) is 3.55. The molecule has 7 rings (SSSR count). The first kappa shape index (κ1) is 23.9. The SMILES string of the molecule is Cc1noc(/C=C/c2ccc(O)cc2)c1N1C=C(c2ccccc2)N2c3ccccc3OC2(c2ccccc2)C1. The Labute approximate surface area is 232 Å². The van der Waals surface area contributed by atoms with E-state index in [1.165, 1.54) is 0 Å². The Balaban J connectivity index is 1.41. The lowest BCUT2D eigenvalue weighted by molar-refractivity contribution is 0.103. The highest BCUT2D eigenvalue weighted by Crippen LogP contribution is 2.54. The predicted molar refractivity (Wildman–Crippen MR) is 158 cm³/mol. The van der Waals surface area contributed by atoms with Crippen LogP contribution in [0.1, 0.15) is 28.1 Å². The summed E-state index contributed by atoms with van der Waals surface area (Å²) in [7, 11) is 0. The maximum Gasteiger partial charge on any atom is 0.231 e. The quantitative estimate of drug-likeness (QED) is 0.257. The molecule has 0 saturated heterocycles. The summed E-state index contributed by atoms with van der Waals surface area (Å²) in [6.07, 6.45) is 6.04. The zero-order valence-corrected chi connectivity index (χ0v) is 21.9. The number of ether oxygens (including phenoxy) is 1. The first-order chi connectivity index (χ1) is 19.6. The smallest absolute Gasteiger partial charge is 0.231 e. The van der Waals surface area contributed by atoms with E-state index in [2.05, 4.69) is 81.8 Å². The fraction of sp³-hybridized carbons (Fsp3) is 0.0882. The Morgan fingerprint density at radius 3 is 2.30 bits per heavy atom. The van der Waals surface area contributed by atoms with Crippen molar-refractivity contribution in [3.8, 4) is 11.5 Å². The van der Waals surface area contributed by atoms with Gasteiger partial charge in [-0.1, -0.05) is 96.2 Å². The van der Waals surface area contributed by atoms with Crippen molar-refractivity contribution in [3.05, 3.63) is 144 Å². The minimum absolute atomic E-state index is 0.230. The molecule has 0 aliphatic carbocycles. The highest BCUT2D eigenvalue weighted by Gasteiger charge is 2.53. The molecule has 0 saturated carbocycles. The summed E-state index contributed by atoms with van der Waals surface area (Å²) in [6, 6.07) is 36.0. The summed E-state index contributed by atoms with van der Waals surface area (Å²) >= 11 is 0. The normalized spacial score (nSPS) is 17.9. The van der Waals surface area contributed by atoms with Gasteiger partial charge in [0.1, 0.15) is 22.9 Å². The molecular formula is C34H27N3O3. The standard InChI is InChI=1S/C34H27N3O3/c1-24-33(32(40-35-24)21-18-25-16-19-28(38)20-17-25)36-22-30(26-10-4-2-5-11-26)37-29-14-8-9-15-31(29)39-34(37,23-36)27-12-6-3-7-13-27/h2-22,38H,23H2,1H3/b21-18+. The van der Waals surface area contributed by atoms with Gasteiger partial charge < -0.3 is 19.3 Å².